The first-order chi connectivity index (χ1) is 12.7. The van der Waals surface area contributed by atoms with E-state index in [9.17, 15) is 0 Å². The molecule has 140 valence electrons. The first-order valence-electron chi connectivity index (χ1n) is 8.50. The highest BCUT2D eigenvalue weighted by Crippen LogP contribution is 2.22. The van der Waals surface area contributed by atoms with Gasteiger partial charge in [-0.3, -0.25) is 0 Å². The second-order valence-electron chi connectivity index (χ2n) is 5.50. The number of halogens is 1. The largest absolute Gasteiger partial charge is 0.497 e. The van der Waals surface area contributed by atoms with Gasteiger partial charge in [-0.15, -0.1) is 0 Å². The van der Waals surface area contributed by atoms with E-state index < -0.39 is 0 Å². The van der Waals surface area contributed by atoms with Crippen LogP contribution in [0.5, 0.6) is 11.6 Å². The van der Waals surface area contributed by atoms with Gasteiger partial charge >= 0.3 is 0 Å². The highest BCUT2D eigenvalue weighted by Gasteiger charge is 2.04. The molecule has 1 aromatic heterocycles. The lowest BCUT2D eigenvalue weighted by atomic mass is 10.1. The molecule has 0 spiro atoms. The smallest absolute Gasteiger partial charge is 0.213 e. The summed E-state index contributed by atoms with van der Waals surface area (Å²) < 4.78 is 10.3. The molecule has 0 amide bonds. The summed E-state index contributed by atoms with van der Waals surface area (Å²) >= 11 is 6.28. The van der Waals surface area contributed by atoms with E-state index in [0.29, 0.717) is 24.0 Å². The van der Waals surface area contributed by atoms with Crippen molar-refractivity contribution in [1.29, 1.82) is 0 Å². The molecular formula is C19H25ClN4O2. The molecule has 0 fully saturated rings. The molecule has 0 bridgehead atoms. The molecule has 1 aromatic carbocycles. The minimum atomic E-state index is 0.468. The van der Waals surface area contributed by atoms with Crippen LogP contribution < -0.4 is 20.1 Å². The standard InChI is InChI=1S/C19H25ClN4O2/c1-4-21-19(23-13-15-6-5-7-18(24-15)26-3)22-11-10-14-8-9-16(25-2)12-17(14)20/h5-9,12H,4,10-11,13H2,1-3H3,(H2,21,22,23). The van der Waals surface area contributed by atoms with Gasteiger partial charge in [0.25, 0.3) is 0 Å². The van der Waals surface area contributed by atoms with Gasteiger partial charge in [-0.2, -0.15) is 0 Å². The predicted octanol–water partition coefficient (Wildman–Crippen LogP) is 3.05. The van der Waals surface area contributed by atoms with Crippen LogP contribution in [0.15, 0.2) is 41.4 Å². The Morgan fingerprint density at radius 3 is 2.69 bits per heavy atom. The maximum atomic E-state index is 6.28. The van der Waals surface area contributed by atoms with E-state index >= 15 is 0 Å². The highest BCUT2D eigenvalue weighted by atomic mass is 35.5. The molecule has 0 unspecified atom stereocenters. The molecule has 0 saturated heterocycles. The Kier molecular flexibility index (Phi) is 8.02. The molecule has 2 N–H and O–H groups in total. The quantitative estimate of drug-likeness (QED) is 0.547. The lowest BCUT2D eigenvalue weighted by molar-refractivity contribution is 0.396. The van der Waals surface area contributed by atoms with Crippen molar-refractivity contribution < 1.29 is 9.47 Å². The third kappa shape index (κ3) is 6.11. The van der Waals surface area contributed by atoms with Crippen LogP contribution in [0.4, 0.5) is 0 Å². The third-order valence-corrected chi connectivity index (χ3v) is 4.03. The molecular weight excluding hydrogens is 352 g/mol. The molecule has 6 nitrogen and oxygen atoms in total. The molecule has 0 aliphatic rings. The number of aliphatic imine (C=N–C) groups is 1. The molecule has 0 saturated carbocycles. The van der Waals surface area contributed by atoms with Gasteiger partial charge in [0.05, 0.1) is 26.5 Å². The number of nitrogens with one attached hydrogen (secondary N) is 2. The van der Waals surface area contributed by atoms with E-state index in [4.69, 9.17) is 21.1 Å². The summed E-state index contributed by atoms with van der Waals surface area (Å²) in [5.41, 5.74) is 1.91. The summed E-state index contributed by atoms with van der Waals surface area (Å²) in [6, 6.07) is 11.4. The van der Waals surface area contributed by atoms with Gasteiger partial charge in [-0.25, -0.2) is 9.98 Å². The second kappa shape index (κ2) is 10.5. The summed E-state index contributed by atoms with van der Waals surface area (Å²) in [6.07, 6.45) is 0.782. The number of nitrogens with zero attached hydrogens (tertiary/aromatic N) is 2. The Balaban J connectivity index is 1.92. The first kappa shape index (κ1) is 19.8. The zero-order chi connectivity index (χ0) is 18.8. The number of rotatable bonds is 8. The number of guanidine groups is 1. The van der Waals surface area contributed by atoms with Crippen molar-refractivity contribution in [3.63, 3.8) is 0 Å². The fourth-order valence-electron chi connectivity index (χ4n) is 2.33. The van der Waals surface area contributed by atoms with Gasteiger partial charge in [-0.1, -0.05) is 23.7 Å². The minimum Gasteiger partial charge on any atom is -0.497 e. The van der Waals surface area contributed by atoms with E-state index in [2.05, 4.69) is 20.6 Å². The molecule has 26 heavy (non-hydrogen) atoms. The monoisotopic (exact) mass is 376 g/mol. The van der Waals surface area contributed by atoms with Crippen molar-refractivity contribution >= 4 is 17.6 Å². The molecule has 0 radical (unpaired) electrons. The summed E-state index contributed by atoms with van der Waals surface area (Å²) in [5, 5.41) is 7.24. The average molecular weight is 377 g/mol. The number of hydrogen-bond donors (Lipinski definition) is 2. The van der Waals surface area contributed by atoms with E-state index in [1.165, 1.54) is 0 Å². The van der Waals surface area contributed by atoms with Crippen molar-refractivity contribution in [2.24, 2.45) is 4.99 Å². The SMILES string of the molecule is CCNC(=NCc1cccc(OC)n1)NCCc1ccc(OC)cc1Cl. The van der Waals surface area contributed by atoms with Gasteiger partial charge in [0, 0.05) is 24.2 Å². The molecule has 0 atom stereocenters. The fraction of sp³-hybridized carbons (Fsp3) is 0.368. The molecule has 1 heterocycles. The Bertz CT molecular complexity index is 737. The lowest BCUT2D eigenvalue weighted by Gasteiger charge is -2.12. The van der Waals surface area contributed by atoms with Gasteiger partial charge < -0.3 is 20.1 Å². The Morgan fingerprint density at radius 2 is 2.00 bits per heavy atom. The van der Waals surface area contributed by atoms with Crippen molar-refractivity contribution in [2.75, 3.05) is 27.3 Å². The van der Waals surface area contributed by atoms with Crippen LogP contribution in [0.25, 0.3) is 0 Å². The number of methoxy groups -OCH3 is 2. The zero-order valence-corrected chi connectivity index (χ0v) is 16.1. The van der Waals surface area contributed by atoms with Crippen LogP contribution in [-0.4, -0.2) is 38.3 Å². The Morgan fingerprint density at radius 1 is 1.15 bits per heavy atom. The van der Waals surface area contributed by atoms with Gasteiger partial charge in [0.2, 0.25) is 5.88 Å². The van der Waals surface area contributed by atoms with Crippen LogP contribution in [0.2, 0.25) is 5.02 Å². The molecule has 7 heteroatoms. The Hall–Kier alpha value is -2.47. The lowest BCUT2D eigenvalue weighted by Crippen LogP contribution is -2.38. The number of hydrogen-bond acceptors (Lipinski definition) is 4. The normalized spacial score (nSPS) is 11.2. The number of ether oxygens (including phenoxy) is 2. The van der Waals surface area contributed by atoms with Crippen LogP contribution in [0, 0.1) is 0 Å². The average Bonchev–Trinajstić information content (AvgIpc) is 2.67. The van der Waals surface area contributed by atoms with Crippen molar-refractivity contribution in [3.05, 3.63) is 52.7 Å². The third-order valence-electron chi connectivity index (χ3n) is 3.68. The number of pyridine rings is 1. The van der Waals surface area contributed by atoms with Gasteiger partial charge in [0.1, 0.15) is 5.75 Å². The van der Waals surface area contributed by atoms with Gasteiger partial charge in [-0.05, 0) is 37.1 Å². The van der Waals surface area contributed by atoms with Crippen molar-refractivity contribution in [1.82, 2.24) is 15.6 Å². The number of benzene rings is 1. The second-order valence-corrected chi connectivity index (χ2v) is 5.91. The number of aromatic nitrogens is 1. The fourth-order valence-corrected chi connectivity index (χ4v) is 2.60. The Labute approximate surface area is 159 Å². The maximum Gasteiger partial charge on any atom is 0.213 e. The highest BCUT2D eigenvalue weighted by molar-refractivity contribution is 6.31. The minimum absolute atomic E-state index is 0.468. The molecule has 0 aliphatic carbocycles. The van der Waals surface area contributed by atoms with E-state index in [1.54, 1.807) is 14.2 Å². The van der Waals surface area contributed by atoms with Crippen molar-refractivity contribution in [2.45, 2.75) is 19.9 Å². The summed E-state index contributed by atoms with van der Waals surface area (Å²) in [5.74, 6) is 2.08. The van der Waals surface area contributed by atoms with Crippen LogP contribution in [0.3, 0.4) is 0 Å². The van der Waals surface area contributed by atoms with Crippen LogP contribution in [-0.2, 0) is 13.0 Å². The summed E-state index contributed by atoms with van der Waals surface area (Å²) in [7, 11) is 3.23. The zero-order valence-electron chi connectivity index (χ0n) is 15.4. The van der Waals surface area contributed by atoms with E-state index in [0.717, 1.165) is 35.9 Å². The molecule has 2 aromatic rings. The molecule has 2 rings (SSSR count). The summed E-state index contributed by atoms with van der Waals surface area (Å²) in [6.45, 7) is 3.99. The van der Waals surface area contributed by atoms with E-state index in [-0.39, 0.29) is 0 Å². The summed E-state index contributed by atoms with van der Waals surface area (Å²) in [4.78, 5) is 8.93. The molecule has 0 aliphatic heterocycles. The first-order valence-corrected chi connectivity index (χ1v) is 8.88. The van der Waals surface area contributed by atoms with Gasteiger partial charge in [0.15, 0.2) is 5.96 Å². The maximum absolute atomic E-state index is 6.28. The topological polar surface area (TPSA) is 67.8 Å². The van der Waals surface area contributed by atoms with E-state index in [1.807, 2.05) is 43.3 Å². The van der Waals surface area contributed by atoms with Crippen molar-refractivity contribution in [3.8, 4) is 11.6 Å². The van der Waals surface area contributed by atoms with Crippen LogP contribution in [0.1, 0.15) is 18.2 Å². The predicted molar refractivity (Wildman–Crippen MR) is 105 cm³/mol. The van der Waals surface area contributed by atoms with Crippen LogP contribution >= 0.6 is 11.6 Å².